The van der Waals surface area contributed by atoms with E-state index in [2.05, 4.69) is 15.1 Å². The van der Waals surface area contributed by atoms with Crippen LogP contribution in [0.5, 0.6) is 0 Å². The van der Waals surface area contributed by atoms with Crippen LogP contribution < -0.4 is 0 Å². The van der Waals surface area contributed by atoms with Gasteiger partial charge < -0.3 is 0 Å². The van der Waals surface area contributed by atoms with Crippen LogP contribution >= 0.6 is 11.6 Å². The minimum absolute atomic E-state index is 0.195. The van der Waals surface area contributed by atoms with E-state index < -0.39 is 17.8 Å². The second kappa shape index (κ2) is 6.48. The molecule has 0 saturated carbocycles. The Kier molecular flexibility index (Phi) is 4.51. The summed E-state index contributed by atoms with van der Waals surface area (Å²) in [7, 11) is 0. The van der Waals surface area contributed by atoms with Gasteiger partial charge in [0.2, 0.25) is 0 Å². The molecule has 25 heavy (non-hydrogen) atoms. The second-order valence-corrected chi connectivity index (χ2v) is 6.13. The molecule has 0 aliphatic rings. The first-order valence-electron chi connectivity index (χ1n) is 7.42. The van der Waals surface area contributed by atoms with Crippen LogP contribution in [0.1, 0.15) is 24.2 Å². The molecule has 1 aromatic carbocycles. The number of halogens is 4. The predicted molar refractivity (Wildman–Crippen MR) is 88.2 cm³/mol. The van der Waals surface area contributed by atoms with Crippen molar-refractivity contribution >= 4 is 11.6 Å². The third-order valence-corrected chi connectivity index (χ3v) is 3.91. The maximum atomic E-state index is 14.3. The number of alkyl halides is 2. The molecule has 0 spiro atoms. The van der Waals surface area contributed by atoms with Crippen LogP contribution in [0.4, 0.5) is 13.2 Å². The van der Waals surface area contributed by atoms with Crippen molar-refractivity contribution in [1.82, 2.24) is 19.7 Å². The third kappa shape index (κ3) is 3.66. The molecule has 0 N–H and O–H groups in total. The molecule has 0 radical (unpaired) electrons. The summed E-state index contributed by atoms with van der Waals surface area (Å²) in [5, 5.41) is 4.41. The Balaban J connectivity index is 2.09. The fraction of sp³-hybridized carbons (Fsp3) is 0.235. The molecule has 0 bridgehead atoms. The zero-order chi connectivity index (χ0) is 18.2. The van der Waals surface area contributed by atoms with Crippen molar-refractivity contribution in [2.45, 2.75) is 25.8 Å². The average Bonchev–Trinajstić information content (AvgIpc) is 2.89. The van der Waals surface area contributed by atoms with Gasteiger partial charge in [-0.3, -0.25) is 9.67 Å². The third-order valence-electron chi connectivity index (χ3n) is 3.73. The molecule has 3 aromatic rings. The van der Waals surface area contributed by atoms with E-state index in [0.717, 1.165) is 19.1 Å². The van der Waals surface area contributed by atoms with E-state index in [4.69, 9.17) is 11.6 Å². The van der Waals surface area contributed by atoms with Crippen LogP contribution in [0.15, 0.2) is 42.9 Å². The second-order valence-electron chi connectivity index (χ2n) is 5.75. The van der Waals surface area contributed by atoms with Crippen LogP contribution in [0.3, 0.4) is 0 Å². The molecule has 1 atom stereocenters. The molecule has 4 nitrogen and oxygen atoms in total. The minimum Gasteiger partial charge on any atom is -0.259 e. The number of aromatic nitrogens is 4. The minimum atomic E-state index is -3.12. The molecule has 2 heterocycles. The van der Waals surface area contributed by atoms with Gasteiger partial charge in [0.25, 0.3) is 5.92 Å². The Bertz CT molecular complexity index is 888. The molecule has 0 fully saturated rings. The molecule has 3 rings (SSSR count). The first-order valence-corrected chi connectivity index (χ1v) is 7.80. The summed E-state index contributed by atoms with van der Waals surface area (Å²) < 4.78 is 42.8. The van der Waals surface area contributed by atoms with E-state index in [1.165, 1.54) is 35.4 Å². The number of aryl methyl sites for hydroxylation is 1. The van der Waals surface area contributed by atoms with Crippen molar-refractivity contribution in [3.8, 4) is 11.3 Å². The van der Waals surface area contributed by atoms with Gasteiger partial charge in [0, 0.05) is 18.7 Å². The SMILES string of the molecule is Cc1nn(C(c2ccc(F)cc2)C(C)(F)F)cc1-c1cncc(Cl)n1. The zero-order valence-corrected chi connectivity index (χ0v) is 14.2. The molecule has 2 aromatic heterocycles. The Morgan fingerprint density at radius 1 is 1.16 bits per heavy atom. The largest absolute Gasteiger partial charge is 0.271 e. The lowest BCUT2D eigenvalue weighted by Crippen LogP contribution is -2.29. The zero-order valence-electron chi connectivity index (χ0n) is 13.4. The highest BCUT2D eigenvalue weighted by Gasteiger charge is 2.38. The van der Waals surface area contributed by atoms with Crippen LogP contribution in [-0.2, 0) is 0 Å². The van der Waals surface area contributed by atoms with Crippen molar-refractivity contribution in [3.05, 3.63) is 65.1 Å². The van der Waals surface area contributed by atoms with Gasteiger partial charge in [-0.05, 0) is 24.6 Å². The molecule has 0 aliphatic heterocycles. The Hall–Kier alpha value is -2.41. The fourth-order valence-electron chi connectivity index (χ4n) is 2.66. The maximum absolute atomic E-state index is 14.3. The van der Waals surface area contributed by atoms with E-state index in [1.54, 1.807) is 6.92 Å². The van der Waals surface area contributed by atoms with Gasteiger partial charge in [0.15, 0.2) is 0 Å². The van der Waals surface area contributed by atoms with Gasteiger partial charge in [0.1, 0.15) is 17.0 Å². The molecule has 0 amide bonds. The van der Waals surface area contributed by atoms with E-state index >= 15 is 0 Å². The number of hydrogen-bond donors (Lipinski definition) is 0. The van der Waals surface area contributed by atoms with Gasteiger partial charge in [-0.25, -0.2) is 18.2 Å². The Morgan fingerprint density at radius 3 is 2.44 bits per heavy atom. The summed E-state index contributed by atoms with van der Waals surface area (Å²) in [5.41, 5.74) is 1.74. The van der Waals surface area contributed by atoms with Gasteiger partial charge >= 0.3 is 0 Å². The van der Waals surface area contributed by atoms with E-state index in [9.17, 15) is 13.2 Å². The van der Waals surface area contributed by atoms with Crippen molar-refractivity contribution < 1.29 is 13.2 Å². The number of rotatable bonds is 4. The highest BCUT2D eigenvalue weighted by atomic mass is 35.5. The number of nitrogens with zero attached hydrogens (tertiary/aromatic N) is 4. The monoisotopic (exact) mass is 366 g/mol. The van der Waals surface area contributed by atoms with E-state index in [1.807, 2.05) is 0 Å². The molecule has 1 unspecified atom stereocenters. The van der Waals surface area contributed by atoms with Crippen molar-refractivity contribution in [1.29, 1.82) is 0 Å². The van der Waals surface area contributed by atoms with Crippen LogP contribution in [0.25, 0.3) is 11.3 Å². The van der Waals surface area contributed by atoms with Crippen LogP contribution in [0, 0.1) is 12.7 Å². The topological polar surface area (TPSA) is 43.6 Å². The van der Waals surface area contributed by atoms with Gasteiger partial charge in [-0.1, -0.05) is 23.7 Å². The van der Waals surface area contributed by atoms with Crippen LogP contribution in [-0.4, -0.2) is 25.7 Å². The normalized spacial score (nSPS) is 13.0. The van der Waals surface area contributed by atoms with Gasteiger partial charge in [-0.2, -0.15) is 5.10 Å². The maximum Gasteiger partial charge on any atom is 0.271 e. The first-order chi connectivity index (χ1) is 11.8. The van der Waals surface area contributed by atoms with Crippen molar-refractivity contribution in [2.24, 2.45) is 0 Å². The standard InChI is InChI=1S/C17H14ClF3N4/c1-10-13(14-7-22-8-15(18)23-14)9-25(24-10)16(17(2,20)21)11-3-5-12(19)6-4-11/h3-9,16H,1-2H3. The summed E-state index contributed by atoms with van der Waals surface area (Å²) in [4.78, 5) is 8.09. The molecular formula is C17H14ClF3N4. The molecule has 0 aliphatic carbocycles. The smallest absolute Gasteiger partial charge is 0.259 e. The summed E-state index contributed by atoms with van der Waals surface area (Å²) in [6, 6.07) is 3.56. The lowest BCUT2D eigenvalue weighted by molar-refractivity contribution is -0.0217. The summed E-state index contributed by atoms with van der Waals surface area (Å²) >= 11 is 5.84. The van der Waals surface area contributed by atoms with Crippen LogP contribution in [0.2, 0.25) is 5.15 Å². The highest BCUT2D eigenvalue weighted by molar-refractivity contribution is 6.29. The van der Waals surface area contributed by atoms with Gasteiger partial charge in [0.05, 0.1) is 23.8 Å². The lowest BCUT2D eigenvalue weighted by Gasteiger charge is -2.24. The highest BCUT2D eigenvalue weighted by Crippen LogP contribution is 2.35. The van der Waals surface area contributed by atoms with Gasteiger partial charge in [-0.15, -0.1) is 0 Å². The average molecular weight is 367 g/mol. The van der Waals surface area contributed by atoms with E-state index in [0.29, 0.717) is 17.0 Å². The van der Waals surface area contributed by atoms with E-state index in [-0.39, 0.29) is 10.7 Å². The molecule has 8 heteroatoms. The molecular weight excluding hydrogens is 353 g/mol. The quantitative estimate of drug-likeness (QED) is 0.673. The number of benzene rings is 1. The lowest BCUT2D eigenvalue weighted by atomic mass is 10.0. The fourth-order valence-corrected chi connectivity index (χ4v) is 2.81. The summed E-state index contributed by atoms with van der Waals surface area (Å²) in [6.07, 6.45) is 4.34. The molecule has 130 valence electrons. The predicted octanol–water partition coefficient (Wildman–Crippen LogP) is 4.69. The molecule has 0 saturated heterocycles. The van der Waals surface area contributed by atoms with Crippen molar-refractivity contribution in [2.75, 3.05) is 0 Å². The summed E-state index contributed by atoms with van der Waals surface area (Å²) in [6.45, 7) is 2.49. The Labute approximate surface area is 147 Å². The summed E-state index contributed by atoms with van der Waals surface area (Å²) in [5.74, 6) is -3.61. The first kappa shape index (κ1) is 17.4. The Morgan fingerprint density at radius 2 is 1.84 bits per heavy atom. The van der Waals surface area contributed by atoms with Crippen molar-refractivity contribution in [3.63, 3.8) is 0 Å². The number of hydrogen-bond acceptors (Lipinski definition) is 3.